The summed E-state index contributed by atoms with van der Waals surface area (Å²) in [4.78, 5) is 10.3. The number of hydrogen-bond acceptors (Lipinski definition) is 1. The summed E-state index contributed by atoms with van der Waals surface area (Å²) in [7, 11) is 0. The Morgan fingerprint density at radius 2 is 2.38 bits per heavy atom. The summed E-state index contributed by atoms with van der Waals surface area (Å²) < 4.78 is 13.6. The Morgan fingerprint density at radius 3 is 3.00 bits per heavy atom. The van der Waals surface area contributed by atoms with Crippen molar-refractivity contribution in [3.8, 4) is 0 Å². The SMILES string of the molecule is O=C(O)Cc1ccn(CCCF)c1. The lowest BCUT2D eigenvalue weighted by molar-refractivity contribution is -0.136. The predicted octanol–water partition coefficient (Wildman–Crippen LogP) is 1.47. The lowest BCUT2D eigenvalue weighted by Crippen LogP contribution is -1.99. The minimum absolute atomic E-state index is 0.0304. The highest BCUT2D eigenvalue weighted by Crippen LogP contribution is 2.03. The van der Waals surface area contributed by atoms with Crippen molar-refractivity contribution in [2.75, 3.05) is 6.67 Å². The zero-order valence-electron chi connectivity index (χ0n) is 7.24. The number of aliphatic carboxylic acids is 1. The first-order valence-corrected chi connectivity index (χ1v) is 4.15. The Bertz CT molecular complexity index is 283. The van der Waals surface area contributed by atoms with Crippen molar-refractivity contribution in [3.05, 3.63) is 24.0 Å². The molecule has 0 fully saturated rings. The molecule has 3 nitrogen and oxygen atoms in total. The van der Waals surface area contributed by atoms with Gasteiger partial charge in [0.1, 0.15) is 0 Å². The van der Waals surface area contributed by atoms with Crippen molar-refractivity contribution >= 4 is 5.97 Å². The molecule has 1 N–H and O–H groups in total. The molecule has 0 amide bonds. The summed E-state index contributed by atoms with van der Waals surface area (Å²) in [5.74, 6) is -0.844. The zero-order chi connectivity index (χ0) is 9.68. The highest BCUT2D eigenvalue weighted by atomic mass is 19.1. The van der Waals surface area contributed by atoms with Crippen LogP contribution in [0.3, 0.4) is 0 Å². The van der Waals surface area contributed by atoms with Gasteiger partial charge < -0.3 is 9.67 Å². The van der Waals surface area contributed by atoms with Crippen molar-refractivity contribution in [1.29, 1.82) is 0 Å². The molecule has 0 aliphatic carbocycles. The average Bonchev–Trinajstić information content (AvgIpc) is 2.48. The number of carboxylic acid groups (broad SMARTS) is 1. The molecule has 0 saturated heterocycles. The van der Waals surface area contributed by atoms with Gasteiger partial charge in [-0.15, -0.1) is 0 Å². The molecule has 1 rings (SSSR count). The van der Waals surface area contributed by atoms with Crippen LogP contribution in [-0.2, 0) is 17.8 Å². The summed E-state index contributed by atoms with van der Waals surface area (Å²) in [6, 6.07) is 1.74. The van der Waals surface area contributed by atoms with E-state index in [1.165, 1.54) is 0 Å². The van der Waals surface area contributed by atoms with E-state index in [9.17, 15) is 9.18 Å². The lowest BCUT2D eigenvalue weighted by atomic mass is 10.2. The first-order valence-electron chi connectivity index (χ1n) is 4.15. The summed E-state index contributed by atoms with van der Waals surface area (Å²) in [6.45, 7) is 0.266. The molecule has 0 unspecified atom stereocenters. The van der Waals surface area contributed by atoms with Crippen LogP contribution in [0.25, 0.3) is 0 Å². The largest absolute Gasteiger partial charge is 0.481 e. The molecule has 1 aromatic rings. The van der Waals surface area contributed by atoms with Gasteiger partial charge in [-0.25, -0.2) is 0 Å². The molecule has 4 heteroatoms. The molecule has 1 heterocycles. The van der Waals surface area contributed by atoms with Gasteiger partial charge in [0, 0.05) is 18.9 Å². The van der Waals surface area contributed by atoms with Crippen molar-refractivity contribution in [3.63, 3.8) is 0 Å². The minimum atomic E-state index is -0.844. The summed E-state index contributed by atoms with van der Waals surface area (Å²) in [5.41, 5.74) is 0.756. The third-order valence-electron chi connectivity index (χ3n) is 1.72. The number of rotatable bonds is 5. The van der Waals surface area contributed by atoms with Crippen LogP contribution in [0, 0.1) is 0 Å². The Balaban J connectivity index is 2.48. The van der Waals surface area contributed by atoms with E-state index in [1.54, 1.807) is 23.0 Å². The molecule has 0 radical (unpaired) electrons. The van der Waals surface area contributed by atoms with Crippen LogP contribution >= 0.6 is 0 Å². The molecule has 0 spiro atoms. The molecular formula is C9H12FNO2. The van der Waals surface area contributed by atoms with Crippen LogP contribution in [0.15, 0.2) is 18.5 Å². The van der Waals surface area contributed by atoms with Gasteiger partial charge in [-0.3, -0.25) is 9.18 Å². The van der Waals surface area contributed by atoms with E-state index in [-0.39, 0.29) is 13.1 Å². The fourth-order valence-electron chi connectivity index (χ4n) is 1.15. The van der Waals surface area contributed by atoms with Gasteiger partial charge >= 0.3 is 5.97 Å². The lowest BCUT2D eigenvalue weighted by Gasteiger charge is -1.97. The molecule has 0 atom stereocenters. The summed E-state index contributed by atoms with van der Waals surface area (Å²) >= 11 is 0. The monoisotopic (exact) mass is 185 g/mol. The minimum Gasteiger partial charge on any atom is -0.481 e. The fourth-order valence-corrected chi connectivity index (χ4v) is 1.15. The quantitative estimate of drug-likeness (QED) is 0.754. The summed E-state index contributed by atoms with van der Waals surface area (Å²) in [6.07, 6.45) is 4.02. The normalized spacial score (nSPS) is 10.2. The second-order valence-corrected chi connectivity index (χ2v) is 2.87. The highest BCUT2D eigenvalue weighted by Gasteiger charge is 2.01. The number of alkyl halides is 1. The van der Waals surface area contributed by atoms with Crippen molar-refractivity contribution in [2.45, 2.75) is 19.4 Å². The van der Waals surface area contributed by atoms with Gasteiger partial charge in [0.25, 0.3) is 0 Å². The van der Waals surface area contributed by atoms with Gasteiger partial charge in [-0.1, -0.05) is 0 Å². The van der Waals surface area contributed by atoms with Crippen molar-refractivity contribution in [2.24, 2.45) is 0 Å². The molecule has 0 saturated carbocycles. The molecule has 72 valence electrons. The molecule has 0 aliphatic heterocycles. The van der Waals surface area contributed by atoms with Gasteiger partial charge in [0.15, 0.2) is 0 Å². The topological polar surface area (TPSA) is 42.2 Å². The fraction of sp³-hybridized carbons (Fsp3) is 0.444. The van der Waals surface area contributed by atoms with Gasteiger partial charge in [-0.2, -0.15) is 0 Å². The molecule has 0 bridgehead atoms. The Labute approximate surface area is 75.8 Å². The third-order valence-corrected chi connectivity index (χ3v) is 1.72. The molecule has 1 aromatic heterocycles. The van der Waals surface area contributed by atoms with Gasteiger partial charge in [0.05, 0.1) is 13.1 Å². The van der Waals surface area contributed by atoms with E-state index in [2.05, 4.69) is 0 Å². The van der Waals surface area contributed by atoms with E-state index < -0.39 is 5.97 Å². The van der Waals surface area contributed by atoms with Crippen LogP contribution in [0.4, 0.5) is 4.39 Å². The Hall–Kier alpha value is -1.32. The van der Waals surface area contributed by atoms with Gasteiger partial charge in [0.2, 0.25) is 0 Å². The standard InChI is InChI=1S/C9H12FNO2/c10-3-1-4-11-5-2-8(7-11)6-9(12)13/h2,5,7H,1,3-4,6H2,(H,12,13). The summed E-state index contributed by atoms with van der Waals surface area (Å²) in [5, 5.41) is 8.48. The first-order chi connectivity index (χ1) is 6.22. The smallest absolute Gasteiger partial charge is 0.307 e. The zero-order valence-corrected chi connectivity index (χ0v) is 7.24. The maximum atomic E-state index is 11.8. The number of aromatic nitrogens is 1. The van der Waals surface area contributed by atoms with E-state index in [4.69, 9.17) is 5.11 Å². The van der Waals surface area contributed by atoms with E-state index in [1.807, 2.05) is 0 Å². The van der Waals surface area contributed by atoms with E-state index >= 15 is 0 Å². The Morgan fingerprint density at radius 1 is 1.62 bits per heavy atom. The van der Waals surface area contributed by atoms with Crippen LogP contribution in [0.2, 0.25) is 0 Å². The number of carbonyl (C=O) groups is 1. The highest BCUT2D eigenvalue weighted by molar-refractivity contribution is 5.69. The molecular weight excluding hydrogens is 173 g/mol. The molecule has 0 aliphatic rings. The maximum Gasteiger partial charge on any atom is 0.307 e. The van der Waals surface area contributed by atoms with Crippen LogP contribution < -0.4 is 0 Å². The molecule has 0 aromatic carbocycles. The van der Waals surface area contributed by atoms with E-state index in [0.29, 0.717) is 13.0 Å². The first kappa shape index (κ1) is 9.77. The van der Waals surface area contributed by atoms with Crippen molar-refractivity contribution < 1.29 is 14.3 Å². The number of aryl methyl sites for hydroxylation is 1. The number of hydrogen-bond donors (Lipinski definition) is 1. The predicted molar refractivity (Wildman–Crippen MR) is 46.4 cm³/mol. The maximum absolute atomic E-state index is 11.8. The van der Waals surface area contributed by atoms with Gasteiger partial charge in [-0.05, 0) is 18.1 Å². The third kappa shape index (κ3) is 3.27. The second-order valence-electron chi connectivity index (χ2n) is 2.87. The second kappa shape index (κ2) is 4.64. The average molecular weight is 185 g/mol. The van der Waals surface area contributed by atoms with Crippen molar-refractivity contribution in [1.82, 2.24) is 4.57 Å². The van der Waals surface area contributed by atoms with Crippen LogP contribution in [-0.4, -0.2) is 22.3 Å². The van der Waals surface area contributed by atoms with E-state index in [0.717, 1.165) is 5.56 Å². The molecule has 13 heavy (non-hydrogen) atoms. The number of carboxylic acids is 1. The van der Waals surface area contributed by atoms with Crippen LogP contribution in [0.5, 0.6) is 0 Å². The number of nitrogens with zero attached hydrogens (tertiary/aromatic N) is 1. The Kier molecular flexibility index (Phi) is 3.49. The number of halogens is 1. The van der Waals surface area contributed by atoms with Crippen LogP contribution in [0.1, 0.15) is 12.0 Å².